The minimum absolute atomic E-state index is 0.328. The van der Waals surface area contributed by atoms with Gasteiger partial charge in [-0.3, -0.25) is 9.58 Å². The third-order valence-electron chi connectivity index (χ3n) is 5.45. The van der Waals surface area contributed by atoms with Crippen molar-refractivity contribution in [3.05, 3.63) is 53.9 Å². The predicted octanol–water partition coefficient (Wildman–Crippen LogP) is 2.91. The molecular weight excluding hydrogens is 310 g/mol. The molecule has 5 nitrogen and oxygen atoms in total. The molecule has 1 atom stereocenters. The van der Waals surface area contributed by atoms with Gasteiger partial charge in [-0.15, -0.1) is 0 Å². The summed E-state index contributed by atoms with van der Waals surface area (Å²) >= 11 is 0. The van der Waals surface area contributed by atoms with Crippen molar-refractivity contribution >= 4 is 0 Å². The Labute approximate surface area is 150 Å². The van der Waals surface area contributed by atoms with E-state index in [1.165, 1.54) is 18.4 Å². The molecule has 1 aliphatic heterocycles. The summed E-state index contributed by atoms with van der Waals surface area (Å²) in [6.45, 7) is 6.55. The van der Waals surface area contributed by atoms with Gasteiger partial charge in [0, 0.05) is 31.0 Å². The minimum atomic E-state index is 0.328. The first kappa shape index (κ1) is 17.7. The summed E-state index contributed by atoms with van der Waals surface area (Å²) in [6, 6.07) is 13.1. The third kappa shape index (κ3) is 4.47. The molecule has 1 aromatic heterocycles. The average molecular weight is 337 g/mol. The highest BCUT2D eigenvalue weighted by Gasteiger charge is 2.25. The highest BCUT2D eigenvalue weighted by atomic mass is 15.3. The lowest BCUT2D eigenvalue weighted by molar-refractivity contribution is 0.0993. The Morgan fingerprint density at radius 3 is 2.76 bits per heavy atom. The van der Waals surface area contributed by atoms with Crippen LogP contribution in [0.15, 0.2) is 42.7 Å². The summed E-state index contributed by atoms with van der Waals surface area (Å²) in [5.74, 6) is 0. The average Bonchev–Trinajstić information content (AvgIpc) is 3.19. The maximum Gasteiger partial charge on any atom is 0.0991 e. The Hall–Kier alpha value is -2.16. The number of hydrogen-bond donors (Lipinski definition) is 0. The van der Waals surface area contributed by atoms with Crippen LogP contribution in [-0.4, -0.2) is 52.3 Å². The molecule has 3 rings (SSSR count). The van der Waals surface area contributed by atoms with Crippen LogP contribution in [0, 0.1) is 11.3 Å². The lowest BCUT2D eigenvalue weighted by Gasteiger charge is -2.39. The van der Waals surface area contributed by atoms with Gasteiger partial charge in [-0.1, -0.05) is 12.1 Å². The Balaban J connectivity index is 1.50. The molecule has 0 radical (unpaired) electrons. The van der Waals surface area contributed by atoms with Crippen molar-refractivity contribution in [2.24, 2.45) is 0 Å². The van der Waals surface area contributed by atoms with Crippen LogP contribution in [0.1, 0.15) is 36.9 Å². The molecule has 0 bridgehead atoms. The van der Waals surface area contributed by atoms with Gasteiger partial charge in [0.1, 0.15) is 0 Å². The second-order valence-corrected chi connectivity index (χ2v) is 6.92. The van der Waals surface area contributed by atoms with Crippen molar-refractivity contribution in [1.82, 2.24) is 19.6 Å². The third-order valence-corrected chi connectivity index (χ3v) is 5.45. The lowest BCUT2D eigenvalue weighted by Crippen LogP contribution is -2.44. The minimum Gasteiger partial charge on any atom is -0.301 e. The van der Waals surface area contributed by atoms with Crippen molar-refractivity contribution in [2.75, 3.05) is 26.7 Å². The first-order valence-corrected chi connectivity index (χ1v) is 9.09. The van der Waals surface area contributed by atoms with Crippen LogP contribution in [0.3, 0.4) is 0 Å². The predicted molar refractivity (Wildman–Crippen MR) is 99.0 cm³/mol. The molecule has 1 aliphatic rings. The van der Waals surface area contributed by atoms with E-state index in [-0.39, 0.29) is 0 Å². The SMILES string of the molecule is C[C@H](c1cccc(C#N)c1)N(C)C1CCN(CCn2cccn2)CC1. The zero-order chi connectivity index (χ0) is 17.6. The van der Waals surface area contributed by atoms with Gasteiger partial charge in [-0.05, 0) is 63.7 Å². The zero-order valence-electron chi connectivity index (χ0n) is 15.2. The van der Waals surface area contributed by atoms with Gasteiger partial charge >= 0.3 is 0 Å². The van der Waals surface area contributed by atoms with Gasteiger partial charge < -0.3 is 4.90 Å². The number of nitrogens with zero attached hydrogens (tertiary/aromatic N) is 5. The molecule has 0 amide bonds. The van der Waals surface area contributed by atoms with Crippen LogP contribution >= 0.6 is 0 Å². The van der Waals surface area contributed by atoms with Gasteiger partial charge in [-0.25, -0.2) is 0 Å². The van der Waals surface area contributed by atoms with E-state index in [0.717, 1.165) is 31.7 Å². The molecular formula is C20H27N5. The van der Waals surface area contributed by atoms with E-state index in [0.29, 0.717) is 12.1 Å². The number of aromatic nitrogens is 2. The van der Waals surface area contributed by atoms with Crippen molar-refractivity contribution in [1.29, 1.82) is 5.26 Å². The van der Waals surface area contributed by atoms with E-state index in [2.05, 4.69) is 41.0 Å². The Kier molecular flexibility index (Phi) is 5.85. The Bertz CT molecular complexity index is 695. The fourth-order valence-electron chi connectivity index (χ4n) is 3.65. The fraction of sp³-hybridized carbons (Fsp3) is 0.500. The molecule has 1 aromatic carbocycles. The van der Waals surface area contributed by atoms with Crippen LogP contribution in [0.25, 0.3) is 0 Å². The second-order valence-electron chi connectivity index (χ2n) is 6.92. The molecule has 25 heavy (non-hydrogen) atoms. The molecule has 1 fully saturated rings. The van der Waals surface area contributed by atoms with Crippen molar-refractivity contribution < 1.29 is 0 Å². The molecule has 0 aliphatic carbocycles. The van der Waals surface area contributed by atoms with E-state index in [1.54, 1.807) is 0 Å². The molecule has 0 N–H and O–H groups in total. The number of rotatable bonds is 6. The maximum atomic E-state index is 9.10. The van der Waals surface area contributed by atoms with Crippen LogP contribution in [0.2, 0.25) is 0 Å². The molecule has 132 valence electrons. The van der Waals surface area contributed by atoms with Crippen molar-refractivity contribution in [3.8, 4) is 6.07 Å². The number of benzene rings is 1. The lowest BCUT2D eigenvalue weighted by atomic mass is 9.98. The molecule has 0 saturated carbocycles. The maximum absolute atomic E-state index is 9.10. The topological polar surface area (TPSA) is 48.1 Å². The van der Waals surface area contributed by atoms with E-state index < -0.39 is 0 Å². The quantitative estimate of drug-likeness (QED) is 0.813. The monoisotopic (exact) mass is 337 g/mol. The summed E-state index contributed by atoms with van der Waals surface area (Å²) in [6.07, 6.45) is 6.25. The molecule has 2 aromatic rings. The molecule has 0 spiro atoms. The van der Waals surface area contributed by atoms with Crippen LogP contribution in [0.5, 0.6) is 0 Å². The number of nitriles is 1. The van der Waals surface area contributed by atoms with E-state index in [9.17, 15) is 0 Å². The van der Waals surface area contributed by atoms with E-state index in [4.69, 9.17) is 5.26 Å². The highest BCUT2D eigenvalue weighted by molar-refractivity contribution is 5.34. The summed E-state index contributed by atoms with van der Waals surface area (Å²) in [5.41, 5.74) is 1.97. The largest absolute Gasteiger partial charge is 0.301 e. The first-order valence-electron chi connectivity index (χ1n) is 9.09. The van der Waals surface area contributed by atoms with Crippen molar-refractivity contribution in [2.45, 2.75) is 38.4 Å². The summed E-state index contributed by atoms with van der Waals surface area (Å²) in [4.78, 5) is 5.01. The van der Waals surface area contributed by atoms with Crippen molar-refractivity contribution in [3.63, 3.8) is 0 Å². The summed E-state index contributed by atoms with van der Waals surface area (Å²) in [5, 5.41) is 13.4. The summed E-state index contributed by atoms with van der Waals surface area (Å²) < 4.78 is 2.00. The standard InChI is InChI=1S/C20H27N5/c1-17(19-6-3-5-18(15-19)16-21)23(2)20-7-11-24(12-8-20)13-14-25-10-4-9-22-25/h3-6,9-10,15,17,20H,7-8,11-14H2,1-2H3/t17-/m1/s1. The van der Waals surface area contributed by atoms with Gasteiger partial charge in [0.15, 0.2) is 0 Å². The first-order chi connectivity index (χ1) is 12.2. The molecule has 1 saturated heterocycles. The highest BCUT2D eigenvalue weighted by Crippen LogP contribution is 2.26. The number of piperidine rings is 1. The Morgan fingerprint density at radius 2 is 2.08 bits per heavy atom. The van der Waals surface area contributed by atoms with Gasteiger partial charge in [0.25, 0.3) is 0 Å². The molecule has 5 heteroatoms. The zero-order valence-corrected chi connectivity index (χ0v) is 15.2. The smallest absolute Gasteiger partial charge is 0.0991 e. The molecule has 0 unspecified atom stereocenters. The van der Waals surface area contributed by atoms with Crippen LogP contribution < -0.4 is 0 Å². The van der Waals surface area contributed by atoms with Gasteiger partial charge in [0.05, 0.1) is 18.2 Å². The summed E-state index contributed by atoms with van der Waals surface area (Å²) in [7, 11) is 2.22. The van der Waals surface area contributed by atoms with E-state index >= 15 is 0 Å². The van der Waals surface area contributed by atoms with Gasteiger partial charge in [-0.2, -0.15) is 10.4 Å². The van der Waals surface area contributed by atoms with E-state index in [1.807, 2.05) is 41.3 Å². The molecule has 2 heterocycles. The fourth-order valence-corrected chi connectivity index (χ4v) is 3.65. The number of likely N-dealkylation sites (tertiary alicyclic amines) is 1. The Morgan fingerprint density at radius 1 is 1.28 bits per heavy atom. The number of hydrogen-bond acceptors (Lipinski definition) is 4. The van der Waals surface area contributed by atoms with Crippen LogP contribution in [-0.2, 0) is 6.54 Å². The van der Waals surface area contributed by atoms with Crippen LogP contribution in [0.4, 0.5) is 0 Å². The normalized spacial score (nSPS) is 17.5. The second kappa shape index (κ2) is 8.28. The van der Waals surface area contributed by atoms with Gasteiger partial charge in [0.2, 0.25) is 0 Å².